The zero-order valence-electron chi connectivity index (χ0n) is 9.80. The van der Waals surface area contributed by atoms with Gasteiger partial charge in [-0.15, -0.1) is 0 Å². The summed E-state index contributed by atoms with van der Waals surface area (Å²) in [6, 6.07) is 4.88. The van der Waals surface area contributed by atoms with Crippen LogP contribution in [0.2, 0.25) is 0 Å². The lowest BCUT2D eigenvalue weighted by Gasteiger charge is -2.12. The molecule has 0 radical (unpaired) electrons. The molecule has 1 unspecified atom stereocenters. The van der Waals surface area contributed by atoms with Crippen LogP contribution in [0.25, 0.3) is 0 Å². The Labute approximate surface area is 107 Å². The van der Waals surface area contributed by atoms with Gasteiger partial charge >= 0.3 is 6.18 Å². The Morgan fingerprint density at radius 3 is 2.63 bits per heavy atom. The van der Waals surface area contributed by atoms with Crippen LogP contribution in [0.1, 0.15) is 22.9 Å². The van der Waals surface area contributed by atoms with E-state index in [1.165, 1.54) is 30.7 Å². The molecule has 100 valence electrons. The van der Waals surface area contributed by atoms with Crippen molar-refractivity contribution in [3.63, 3.8) is 0 Å². The number of alkyl halides is 3. The molecule has 1 atom stereocenters. The first-order valence-corrected chi connectivity index (χ1v) is 5.57. The molecule has 0 aliphatic carbocycles. The number of hydrogen-bond acceptors (Lipinski definition) is 3. The number of rotatable bonds is 3. The van der Waals surface area contributed by atoms with E-state index >= 15 is 0 Å². The van der Waals surface area contributed by atoms with Crippen molar-refractivity contribution < 1.29 is 18.3 Å². The normalized spacial score (nSPS) is 13.3. The summed E-state index contributed by atoms with van der Waals surface area (Å²) < 4.78 is 37.6. The molecule has 1 aromatic heterocycles. The zero-order valence-corrected chi connectivity index (χ0v) is 9.80. The minimum Gasteiger partial charge on any atom is -0.386 e. The van der Waals surface area contributed by atoms with E-state index in [-0.39, 0.29) is 6.42 Å². The lowest BCUT2D eigenvalue weighted by atomic mass is 10.0. The second-order valence-corrected chi connectivity index (χ2v) is 4.05. The van der Waals surface area contributed by atoms with Crippen LogP contribution in [0.15, 0.2) is 42.9 Å². The fraction of sp³-hybridized carbons (Fsp3) is 0.231. The molecule has 1 heterocycles. The molecule has 0 bridgehead atoms. The third kappa shape index (κ3) is 3.51. The number of nitrogens with zero attached hydrogens (tertiary/aromatic N) is 2. The van der Waals surface area contributed by atoms with Crippen molar-refractivity contribution in [3.8, 4) is 0 Å². The third-order valence-corrected chi connectivity index (χ3v) is 2.61. The van der Waals surface area contributed by atoms with Crippen molar-refractivity contribution >= 4 is 0 Å². The number of halogens is 3. The van der Waals surface area contributed by atoms with Gasteiger partial charge in [0.15, 0.2) is 0 Å². The number of benzene rings is 1. The van der Waals surface area contributed by atoms with Crippen LogP contribution in [-0.4, -0.2) is 15.1 Å². The first-order valence-electron chi connectivity index (χ1n) is 5.57. The highest BCUT2D eigenvalue weighted by Crippen LogP contribution is 2.30. The second kappa shape index (κ2) is 5.36. The van der Waals surface area contributed by atoms with E-state index < -0.39 is 17.8 Å². The highest BCUT2D eigenvalue weighted by molar-refractivity contribution is 5.26. The summed E-state index contributed by atoms with van der Waals surface area (Å²) in [5.74, 6) is 0. The minimum atomic E-state index is -4.38. The topological polar surface area (TPSA) is 46.0 Å². The molecule has 1 N–H and O–H groups in total. The molecule has 0 aliphatic rings. The molecule has 0 spiro atoms. The van der Waals surface area contributed by atoms with E-state index in [1.807, 2.05) is 0 Å². The van der Waals surface area contributed by atoms with Crippen molar-refractivity contribution in [1.29, 1.82) is 0 Å². The van der Waals surface area contributed by atoms with E-state index in [0.717, 1.165) is 12.1 Å². The Bertz CT molecular complexity index is 543. The van der Waals surface area contributed by atoms with Crippen LogP contribution in [0.5, 0.6) is 0 Å². The summed E-state index contributed by atoms with van der Waals surface area (Å²) in [6.45, 7) is 0. The number of aliphatic hydroxyl groups excluding tert-OH is 1. The van der Waals surface area contributed by atoms with Gasteiger partial charge in [-0.05, 0) is 11.6 Å². The van der Waals surface area contributed by atoms with Crippen molar-refractivity contribution in [3.05, 3.63) is 59.7 Å². The molecule has 2 rings (SSSR count). The molecule has 0 amide bonds. The van der Waals surface area contributed by atoms with Gasteiger partial charge in [0.2, 0.25) is 0 Å². The van der Waals surface area contributed by atoms with Crippen molar-refractivity contribution in [2.24, 2.45) is 0 Å². The lowest BCUT2D eigenvalue weighted by molar-refractivity contribution is -0.137. The Morgan fingerprint density at radius 2 is 2.00 bits per heavy atom. The summed E-state index contributed by atoms with van der Waals surface area (Å²) in [5.41, 5.74) is 0.00392. The van der Waals surface area contributed by atoms with Crippen LogP contribution in [0.3, 0.4) is 0 Å². The van der Waals surface area contributed by atoms with Crippen LogP contribution in [-0.2, 0) is 12.6 Å². The Balaban J connectivity index is 2.16. The summed E-state index contributed by atoms with van der Waals surface area (Å²) >= 11 is 0. The first kappa shape index (κ1) is 13.5. The van der Waals surface area contributed by atoms with E-state index in [0.29, 0.717) is 11.3 Å². The van der Waals surface area contributed by atoms with E-state index in [2.05, 4.69) is 9.97 Å². The Morgan fingerprint density at radius 1 is 1.21 bits per heavy atom. The number of hydrogen-bond donors (Lipinski definition) is 1. The zero-order chi connectivity index (χ0) is 13.9. The maximum Gasteiger partial charge on any atom is 0.416 e. The molecule has 6 heteroatoms. The third-order valence-electron chi connectivity index (χ3n) is 2.61. The average Bonchev–Trinajstić information content (AvgIpc) is 2.39. The molecule has 0 aliphatic heterocycles. The van der Waals surface area contributed by atoms with Crippen LogP contribution >= 0.6 is 0 Å². The largest absolute Gasteiger partial charge is 0.416 e. The van der Waals surface area contributed by atoms with Gasteiger partial charge in [0.25, 0.3) is 0 Å². The van der Waals surface area contributed by atoms with Gasteiger partial charge in [-0.1, -0.05) is 18.2 Å². The Hall–Kier alpha value is -1.95. The fourth-order valence-electron chi connectivity index (χ4n) is 1.69. The highest BCUT2D eigenvalue weighted by Gasteiger charge is 2.30. The predicted molar refractivity (Wildman–Crippen MR) is 62.1 cm³/mol. The molecule has 1 aromatic carbocycles. The number of aliphatic hydroxyl groups is 1. The second-order valence-electron chi connectivity index (χ2n) is 4.05. The van der Waals surface area contributed by atoms with E-state index in [4.69, 9.17) is 0 Å². The smallest absolute Gasteiger partial charge is 0.386 e. The molecule has 0 saturated carbocycles. The summed E-state index contributed by atoms with van der Waals surface area (Å²) in [5, 5.41) is 9.88. The summed E-state index contributed by atoms with van der Waals surface area (Å²) in [7, 11) is 0. The monoisotopic (exact) mass is 268 g/mol. The molecule has 3 nitrogen and oxygen atoms in total. The van der Waals surface area contributed by atoms with E-state index in [9.17, 15) is 18.3 Å². The first-order chi connectivity index (χ1) is 8.97. The SMILES string of the molecule is OC(Cc1cccc(C(F)(F)F)c1)c1cnccn1. The van der Waals surface area contributed by atoms with Gasteiger partial charge in [-0.2, -0.15) is 13.2 Å². The average molecular weight is 268 g/mol. The summed E-state index contributed by atoms with van der Waals surface area (Å²) in [4.78, 5) is 7.71. The van der Waals surface area contributed by atoms with Crippen LogP contribution in [0, 0.1) is 0 Å². The van der Waals surface area contributed by atoms with Crippen molar-refractivity contribution in [2.45, 2.75) is 18.7 Å². The fourth-order valence-corrected chi connectivity index (χ4v) is 1.69. The van der Waals surface area contributed by atoms with Gasteiger partial charge in [0.05, 0.1) is 17.5 Å². The van der Waals surface area contributed by atoms with Crippen LogP contribution < -0.4 is 0 Å². The Kier molecular flexibility index (Phi) is 3.80. The highest BCUT2D eigenvalue weighted by atomic mass is 19.4. The molecule has 0 saturated heterocycles. The standard InChI is InChI=1S/C13H11F3N2O/c14-13(15,16)10-3-1-2-9(6-10)7-12(19)11-8-17-4-5-18-11/h1-6,8,12,19H,7H2. The van der Waals surface area contributed by atoms with Gasteiger partial charge in [0.1, 0.15) is 6.10 Å². The quantitative estimate of drug-likeness (QED) is 0.931. The molecule has 2 aromatic rings. The van der Waals surface area contributed by atoms with Crippen LogP contribution in [0.4, 0.5) is 13.2 Å². The van der Waals surface area contributed by atoms with Gasteiger partial charge in [0, 0.05) is 18.8 Å². The van der Waals surface area contributed by atoms with Crippen molar-refractivity contribution in [2.75, 3.05) is 0 Å². The van der Waals surface area contributed by atoms with Gasteiger partial charge in [-0.25, -0.2) is 0 Å². The number of aromatic nitrogens is 2. The predicted octanol–water partition coefficient (Wildman–Crippen LogP) is 2.77. The lowest BCUT2D eigenvalue weighted by Crippen LogP contribution is -2.08. The van der Waals surface area contributed by atoms with E-state index in [1.54, 1.807) is 0 Å². The van der Waals surface area contributed by atoms with Crippen molar-refractivity contribution in [1.82, 2.24) is 9.97 Å². The minimum absolute atomic E-state index is 0.0581. The maximum atomic E-state index is 12.5. The molecular weight excluding hydrogens is 257 g/mol. The maximum absolute atomic E-state index is 12.5. The molecular formula is C13H11F3N2O. The molecule has 0 fully saturated rings. The summed E-state index contributed by atoms with van der Waals surface area (Å²) in [6.07, 6.45) is -1.03. The van der Waals surface area contributed by atoms with Gasteiger partial charge < -0.3 is 5.11 Å². The van der Waals surface area contributed by atoms with Gasteiger partial charge in [-0.3, -0.25) is 9.97 Å². The molecule has 19 heavy (non-hydrogen) atoms.